The van der Waals surface area contributed by atoms with Gasteiger partial charge in [0.05, 0.1) is 32.4 Å². The van der Waals surface area contributed by atoms with Crippen LogP contribution in [0.3, 0.4) is 0 Å². The Kier molecular flexibility index (Phi) is 14.4. The molecule has 0 aliphatic carbocycles. The highest BCUT2D eigenvalue weighted by molar-refractivity contribution is 5.97. The predicted octanol–water partition coefficient (Wildman–Crippen LogP) is 6.58. The van der Waals surface area contributed by atoms with Crippen LogP contribution >= 0.6 is 0 Å². The quantitative estimate of drug-likeness (QED) is 0.128. The molecule has 14 heteroatoms. The maximum atomic E-state index is 14.2. The van der Waals surface area contributed by atoms with Crippen LogP contribution in [0.2, 0.25) is 0 Å². The highest BCUT2D eigenvalue weighted by atomic mass is 19.1. The summed E-state index contributed by atoms with van der Waals surface area (Å²) in [7, 11) is 1.24. The highest BCUT2D eigenvalue weighted by Crippen LogP contribution is 2.30. The largest absolute Gasteiger partial charge is 0.453 e. The van der Waals surface area contributed by atoms with E-state index in [2.05, 4.69) is 20.9 Å². The number of pyridine rings is 1. The number of anilines is 1. The zero-order chi connectivity index (χ0) is 40.1. The van der Waals surface area contributed by atoms with Crippen molar-refractivity contribution in [3.05, 3.63) is 131 Å². The third kappa shape index (κ3) is 12.0. The fraction of sp³-hybridized carbons (Fsp3) is 0.357. The average molecular weight is 770 g/mol. The maximum Gasteiger partial charge on any atom is 0.410 e. The number of methoxy groups -OCH3 is 1. The lowest BCUT2D eigenvalue weighted by Crippen LogP contribution is -2.55. The molecule has 1 aromatic heterocycles. The van der Waals surface area contributed by atoms with E-state index >= 15 is 0 Å². The summed E-state index contributed by atoms with van der Waals surface area (Å²) < 4.78 is 35.5. The summed E-state index contributed by atoms with van der Waals surface area (Å²) in [5.74, 6) is -1.12. The van der Waals surface area contributed by atoms with Crippen LogP contribution in [0.15, 0.2) is 103 Å². The number of hydrogen-bond donors (Lipinski definition) is 3. The molecule has 3 atom stereocenters. The minimum Gasteiger partial charge on any atom is -0.453 e. The van der Waals surface area contributed by atoms with E-state index in [0.29, 0.717) is 29.8 Å². The van der Waals surface area contributed by atoms with Crippen LogP contribution in [-0.4, -0.2) is 84.7 Å². The number of aryl methyl sites for hydroxylation is 1. The molecule has 1 aliphatic heterocycles. The van der Waals surface area contributed by atoms with E-state index in [1.807, 2.05) is 66.7 Å². The molecule has 56 heavy (non-hydrogen) atoms. The number of benzene rings is 3. The van der Waals surface area contributed by atoms with E-state index in [0.717, 1.165) is 11.1 Å². The Hall–Kier alpha value is -6.02. The van der Waals surface area contributed by atoms with Gasteiger partial charge in [-0.1, -0.05) is 78.9 Å². The molecule has 3 N–H and O–H groups in total. The molecule has 0 spiro atoms. The van der Waals surface area contributed by atoms with Gasteiger partial charge in [0.15, 0.2) is 0 Å². The standard InChI is InChI=1S/C42H48FN5O8/c1-42(2,3)56-41(52)48-25-34(54-26-33(48)27-55-39(50)45-24-28-17-20-32(43)21-18-28)22-19-31-16-11-23-44-37(31)47-38(49)36(46-40(51)53-4)35(29-12-7-5-8-13-29)30-14-9-6-10-15-30/h5-18,20-21,23,33-36H,19,22,24-27H2,1-4H3,(H,45,50)(H,46,51)(H,44,47,49)/t33-,34+,36-/m0/s1. The van der Waals surface area contributed by atoms with Crippen molar-refractivity contribution in [2.45, 2.75) is 69.9 Å². The fourth-order valence-electron chi connectivity index (χ4n) is 6.26. The number of alkyl carbamates (subject to hydrolysis) is 2. The van der Waals surface area contributed by atoms with Gasteiger partial charge in [-0.25, -0.2) is 23.8 Å². The zero-order valence-electron chi connectivity index (χ0n) is 31.9. The molecule has 1 aliphatic rings. The molecule has 0 bridgehead atoms. The Morgan fingerprint density at radius 2 is 1.57 bits per heavy atom. The lowest BCUT2D eigenvalue weighted by Gasteiger charge is -2.39. The van der Waals surface area contributed by atoms with E-state index in [9.17, 15) is 23.6 Å². The molecule has 13 nitrogen and oxygen atoms in total. The predicted molar refractivity (Wildman–Crippen MR) is 206 cm³/mol. The second kappa shape index (κ2) is 19.5. The lowest BCUT2D eigenvalue weighted by molar-refractivity contribution is -0.118. The van der Waals surface area contributed by atoms with Gasteiger partial charge in [-0.05, 0) is 74.1 Å². The number of halogens is 1. The smallest absolute Gasteiger partial charge is 0.410 e. The number of aromatic nitrogens is 1. The molecule has 3 aromatic carbocycles. The number of rotatable bonds is 13. The molecule has 1 saturated heterocycles. The van der Waals surface area contributed by atoms with Crippen LogP contribution < -0.4 is 16.0 Å². The van der Waals surface area contributed by atoms with Gasteiger partial charge in [0.1, 0.15) is 29.9 Å². The van der Waals surface area contributed by atoms with Crippen LogP contribution in [0, 0.1) is 5.82 Å². The number of hydrogen-bond acceptors (Lipinski definition) is 9. The summed E-state index contributed by atoms with van der Waals surface area (Å²) in [6.07, 6.45) is -0.0365. The number of carbonyl (C=O) groups excluding carboxylic acids is 4. The molecule has 4 aromatic rings. The highest BCUT2D eigenvalue weighted by Gasteiger charge is 2.37. The number of nitrogens with zero attached hydrogens (tertiary/aromatic N) is 2. The number of ether oxygens (including phenoxy) is 4. The first-order chi connectivity index (χ1) is 26.9. The topological polar surface area (TPSA) is 157 Å². The van der Waals surface area contributed by atoms with E-state index in [4.69, 9.17) is 18.9 Å². The van der Waals surface area contributed by atoms with E-state index in [1.165, 1.54) is 24.1 Å². The van der Waals surface area contributed by atoms with Crippen molar-refractivity contribution in [1.29, 1.82) is 0 Å². The third-order valence-corrected chi connectivity index (χ3v) is 9.01. The van der Waals surface area contributed by atoms with Crippen LogP contribution in [0.1, 0.15) is 55.4 Å². The van der Waals surface area contributed by atoms with Crippen molar-refractivity contribution in [3.8, 4) is 0 Å². The minimum absolute atomic E-state index is 0.0764. The van der Waals surface area contributed by atoms with Crippen molar-refractivity contribution in [2.24, 2.45) is 0 Å². The normalized spacial score (nSPS) is 16.0. The lowest BCUT2D eigenvalue weighted by atomic mass is 9.84. The van der Waals surface area contributed by atoms with Crippen molar-refractivity contribution in [2.75, 3.05) is 32.2 Å². The molecular weight excluding hydrogens is 721 g/mol. The number of amides is 4. The SMILES string of the molecule is COC(=O)N[C@H](C(=O)Nc1ncccc1CC[C@@H]1CN(C(=O)OC(C)(C)C)[C@H](COC(=O)NCc2ccc(F)cc2)CO1)C(c1ccccc1)c1ccccc1. The first-order valence-electron chi connectivity index (χ1n) is 18.4. The Bertz CT molecular complexity index is 1870. The van der Waals surface area contributed by atoms with Crippen molar-refractivity contribution in [1.82, 2.24) is 20.5 Å². The molecular formula is C42H48FN5O8. The molecule has 5 rings (SSSR count). The number of nitrogens with one attached hydrogen (secondary N) is 3. The molecule has 1 fully saturated rings. The second-order valence-corrected chi connectivity index (χ2v) is 14.3. The van der Waals surface area contributed by atoms with Gasteiger partial charge >= 0.3 is 18.3 Å². The summed E-state index contributed by atoms with van der Waals surface area (Å²) in [4.78, 5) is 58.6. The van der Waals surface area contributed by atoms with Crippen molar-refractivity contribution >= 4 is 30.0 Å². The average Bonchev–Trinajstić information content (AvgIpc) is 3.19. The summed E-state index contributed by atoms with van der Waals surface area (Å²) in [5.41, 5.74) is 2.26. The van der Waals surface area contributed by atoms with Crippen LogP contribution in [0.4, 0.5) is 24.6 Å². The Labute approximate surface area is 325 Å². The van der Waals surface area contributed by atoms with Crippen LogP contribution in [0.25, 0.3) is 0 Å². The number of morpholine rings is 1. The summed E-state index contributed by atoms with van der Waals surface area (Å²) in [5, 5.41) is 8.31. The first-order valence-corrected chi connectivity index (χ1v) is 18.4. The molecule has 0 saturated carbocycles. The van der Waals surface area contributed by atoms with E-state index < -0.39 is 53.9 Å². The summed E-state index contributed by atoms with van der Waals surface area (Å²) in [6, 6.07) is 26.5. The van der Waals surface area contributed by atoms with Gasteiger partial charge < -0.3 is 34.9 Å². The Morgan fingerprint density at radius 3 is 2.20 bits per heavy atom. The van der Waals surface area contributed by atoms with Crippen molar-refractivity contribution < 1.29 is 42.5 Å². The van der Waals surface area contributed by atoms with Gasteiger partial charge in [-0.15, -0.1) is 0 Å². The molecule has 0 radical (unpaired) electrons. The van der Waals surface area contributed by atoms with Gasteiger partial charge in [0, 0.05) is 18.7 Å². The molecule has 0 unspecified atom stereocenters. The Morgan fingerprint density at radius 1 is 0.911 bits per heavy atom. The first kappa shape index (κ1) is 41.1. The van der Waals surface area contributed by atoms with Gasteiger partial charge in [-0.2, -0.15) is 0 Å². The molecule has 4 amide bonds. The van der Waals surface area contributed by atoms with E-state index in [1.54, 1.807) is 45.2 Å². The van der Waals surface area contributed by atoms with Gasteiger partial charge in [0.2, 0.25) is 5.91 Å². The second-order valence-electron chi connectivity index (χ2n) is 14.3. The molecule has 296 valence electrons. The third-order valence-electron chi connectivity index (χ3n) is 9.01. The van der Waals surface area contributed by atoms with Gasteiger partial charge in [0.25, 0.3) is 0 Å². The fourth-order valence-corrected chi connectivity index (χ4v) is 6.26. The monoisotopic (exact) mass is 769 g/mol. The van der Waals surface area contributed by atoms with Crippen LogP contribution in [-0.2, 0) is 36.7 Å². The Balaban J connectivity index is 1.26. The van der Waals surface area contributed by atoms with Crippen LogP contribution in [0.5, 0.6) is 0 Å². The summed E-state index contributed by atoms with van der Waals surface area (Å²) in [6.45, 7) is 5.52. The molecule has 2 heterocycles. The van der Waals surface area contributed by atoms with Crippen molar-refractivity contribution in [3.63, 3.8) is 0 Å². The van der Waals surface area contributed by atoms with E-state index in [-0.39, 0.29) is 32.1 Å². The van der Waals surface area contributed by atoms with Gasteiger partial charge in [-0.3, -0.25) is 9.69 Å². The maximum absolute atomic E-state index is 14.2. The number of carbonyl (C=O) groups is 4. The summed E-state index contributed by atoms with van der Waals surface area (Å²) >= 11 is 0. The zero-order valence-corrected chi connectivity index (χ0v) is 31.9. The minimum atomic E-state index is -1.07.